The number of urea groups is 1. The van der Waals surface area contributed by atoms with Crippen molar-refractivity contribution >= 4 is 29.2 Å². The van der Waals surface area contributed by atoms with Gasteiger partial charge in [-0.15, -0.1) is 0 Å². The summed E-state index contributed by atoms with van der Waals surface area (Å²) in [7, 11) is 0. The first-order chi connectivity index (χ1) is 10.6. The minimum Gasteiger partial charge on any atom is -0.343 e. The fraction of sp³-hybridized carbons (Fsp3) is 0.400. The van der Waals surface area contributed by atoms with Crippen LogP contribution in [0.15, 0.2) is 18.2 Å². The molecule has 0 spiro atoms. The van der Waals surface area contributed by atoms with Gasteiger partial charge in [0, 0.05) is 31.7 Å². The summed E-state index contributed by atoms with van der Waals surface area (Å²) >= 11 is 5.89. The highest BCUT2D eigenvalue weighted by Crippen LogP contribution is 2.20. The molecule has 2 N–H and O–H groups in total. The summed E-state index contributed by atoms with van der Waals surface area (Å²) in [6, 6.07) is 6.32. The summed E-state index contributed by atoms with van der Waals surface area (Å²) in [5, 5.41) is 14.4. The molecule has 0 atom stereocenters. The van der Waals surface area contributed by atoms with Gasteiger partial charge in [0.2, 0.25) is 5.91 Å². The van der Waals surface area contributed by atoms with Crippen molar-refractivity contribution in [2.75, 3.05) is 25.0 Å². The first-order valence-corrected chi connectivity index (χ1v) is 7.50. The fourth-order valence-corrected chi connectivity index (χ4v) is 2.49. The van der Waals surface area contributed by atoms with E-state index in [2.05, 4.69) is 10.6 Å². The molecule has 1 fully saturated rings. The number of nitrogens with zero attached hydrogens (tertiary/aromatic N) is 2. The minimum absolute atomic E-state index is 0.191. The molecule has 116 valence electrons. The number of halogens is 1. The second-order valence-corrected chi connectivity index (χ2v) is 5.43. The summed E-state index contributed by atoms with van der Waals surface area (Å²) in [5.74, 6) is 0.191. The summed E-state index contributed by atoms with van der Waals surface area (Å²) in [6.07, 6.45) is 2.27. The van der Waals surface area contributed by atoms with Crippen LogP contribution < -0.4 is 10.6 Å². The number of likely N-dealkylation sites (tertiary alicyclic amines) is 1. The Morgan fingerprint density at radius 1 is 1.45 bits per heavy atom. The van der Waals surface area contributed by atoms with E-state index in [-0.39, 0.29) is 11.9 Å². The van der Waals surface area contributed by atoms with Crippen molar-refractivity contribution in [1.29, 1.82) is 5.26 Å². The van der Waals surface area contributed by atoms with Gasteiger partial charge in [-0.05, 0) is 31.0 Å². The van der Waals surface area contributed by atoms with E-state index in [9.17, 15) is 9.59 Å². The number of carbonyl (C=O) groups excluding carboxylic acids is 2. The van der Waals surface area contributed by atoms with Gasteiger partial charge >= 0.3 is 6.03 Å². The zero-order valence-electron chi connectivity index (χ0n) is 12.1. The Morgan fingerprint density at radius 3 is 2.91 bits per heavy atom. The van der Waals surface area contributed by atoms with E-state index in [0.29, 0.717) is 42.2 Å². The van der Waals surface area contributed by atoms with Crippen LogP contribution in [0.2, 0.25) is 5.02 Å². The molecule has 1 aliphatic rings. The highest BCUT2D eigenvalue weighted by Gasteiger charge is 2.18. The lowest BCUT2D eigenvalue weighted by atomic mass is 10.2. The van der Waals surface area contributed by atoms with Gasteiger partial charge in [0.25, 0.3) is 0 Å². The molecule has 3 amide bonds. The van der Waals surface area contributed by atoms with E-state index in [0.717, 1.165) is 13.0 Å². The van der Waals surface area contributed by atoms with Crippen LogP contribution in [0.25, 0.3) is 0 Å². The third-order valence-electron chi connectivity index (χ3n) is 3.41. The maximum atomic E-state index is 11.7. The van der Waals surface area contributed by atoms with Gasteiger partial charge < -0.3 is 15.5 Å². The lowest BCUT2D eigenvalue weighted by molar-refractivity contribution is -0.127. The van der Waals surface area contributed by atoms with Crippen LogP contribution in [-0.2, 0) is 4.79 Å². The Balaban J connectivity index is 1.70. The van der Waals surface area contributed by atoms with Crippen molar-refractivity contribution in [3.8, 4) is 6.07 Å². The molecule has 2 rings (SSSR count). The Morgan fingerprint density at radius 2 is 2.27 bits per heavy atom. The standard InChI is InChI=1S/C15H17ClN4O2/c16-13-9-12(5-4-11(13)10-17)19-15(22)18-6-2-8-20-7-1-3-14(20)21/h4-5,9H,1-3,6-8H2,(H2,18,19,22). The quantitative estimate of drug-likeness (QED) is 0.817. The molecule has 0 aliphatic carbocycles. The number of hydrogen-bond donors (Lipinski definition) is 2. The van der Waals surface area contributed by atoms with Crippen molar-refractivity contribution in [2.24, 2.45) is 0 Å². The predicted octanol–water partition coefficient (Wildman–Crippen LogP) is 2.35. The maximum absolute atomic E-state index is 11.7. The molecule has 1 aromatic carbocycles. The zero-order chi connectivity index (χ0) is 15.9. The number of carbonyl (C=O) groups is 2. The summed E-state index contributed by atoms with van der Waals surface area (Å²) in [4.78, 5) is 25.0. The summed E-state index contributed by atoms with van der Waals surface area (Å²) in [5.41, 5.74) is 0.888. The van der Waals surface area contributed by atoms with Gasteiger partial charge in [0.05, 0.1) is 10.6 Å². The zero-order valence-corrected chi connectivity index (χ0v) is 12.8. The number of anilines is 1. The molecule has 0 aromatic heterocycles. The molecule has 1 aliphatic heterocycles. The van der Waals surface area contributed by atoms with Crippen molar-refractivity contribution in [3.63, 3.8) is 0 Å². The molecular weight excluding hydrogens is 304 g/mol. The first kappa shape index (κ1) is 16.1. The van der Waals surface area contributed by atoms with Crippen LogP contribution in [0.3, 0.4) is 0 Å². The topological polar surface area (TPSA) is 85.2 Å². The lowest BCUT2D eigenvalue weighted by Crippen LogP contribution is -2.33. The van der Waals surface area contributed by atoms with Gasteiger partial charge in [-0.1, -0.05) is 11.6 Å². The predicted molar refractivity (Wildman–Crippen MR) is 83.6 cm³/mol. The van der Waals surface area contributed by atoms with E-state index >= 15 is 0 Å². The highest BCUT2D eigenvalue weighted by atomic mass is 35.5. The third kappa shape index (κ3) is 4.37. The average Bonchev–Trinajstić information content (AvgIpc) is 2.89. The van der Waals surface area contributed by atoms with E-state index < -0.39 is 0 Å². The molecule has 6 nitrogen and oxygen atoms in total. The smallest absolute Gasteiger partial charge is 0.319 e. The second-order valence-electron chi connectivity index (χ2n) is 5.03. The van der Waals surface area contributed by atoms with E-state index in [1.165, 1.54) is 6.07 Å². The van der Waals surface area contributed by atoms with Crippen LogP contribution in [0.5, 0.6) is 0 Å². The van der Waals surface area contributed by atoms with Gasteiger partial charge in [-0.25, -0.2) is 4.79 Å². The minimum atomic E-state index is -0.339. The SMILES string of the molecule is N#Cc1ccc(NC(=O)NCCCN2CCCC2=O)cc1Cl. The average molecular weight is 321 g/mol. The monoisotopic (exact) mass is 320 g/mol. The van der Waals surface area contributed by atoms with E-state index in [1.54, 1.807) is 12.1 Å². The molecule has 0 saturated carbocycles. The number of nitrogens with one attached hydrogen (secondary N) is 2. The highest BCUT2D eigenvalue weighted by molar-refractivity contribution is 6.32. The number of hydrogen-bond acceptors (Lipinski definition) is 3. The number of rotatable bonds is 5. The Bertz CT molecular complexity index is 612. The molecule has 1 heterocycles. The van der Waals surface area contributed by atoms with Crippen molar-refractivity contribution in [1.82, 2.24) is 10.2 Å². The Kier molecular flexibility index (Phi) is 5.61. The van der Waals surface area contributed by atoms with Gasteiger partial charge in [0.1, 0.15) is 6.07 Å². The van der Waals surface area contributed by atoms with Crippen LogP contribution in [-0.4, -0.2) is 36.5 Å². The first-order valence-electron chi connectivity index (χ1n) is 7.12. The van der Waals surface area contributed by atoms with Crippen LogP contribution in [0.4, 0.5) is 10.5 Å². The third-order valence-corrected chi connectivity index (χ3v) is 3.72. The van der Waals surface area contributed by atoms with Crippen molar-refractivity contribution in [3.05, 3.63) is 28.8 Å². The molecule has 1 aromatic rings. The number of nitriles is 1. The van der Waals surface area contributed by atoms with E-state index in [1.807, 2.05) is 11.0 Å². The molecule has 0 unspecified atom stereocenters. The molecular formula is C15H17ClN4O2. The van der Waals surface area contributed by atoms with Gasteiger partial charge in [-0.2, -0.15) is 5.26 Å². The maximum Gasteiger partial charge on any atom is 0.319 e. The molecule has 0 radical (unpaired) electrons. The molecule has 7 heteroatoms. The number of amides is 3. The Hall–Kier alpha value is -2.26. The normalized spacial score (nSPS) is 13.8. The Labute approximate surface area is 134 Å². The van der Waals surface area contributed by atoms with Crippen LogP contribution in [0.1, 0.15) is 24.8 Å². The van der Waals surface area contributed by atoms with Gasteiger partial charge in [0.15, 0.2) is 0 Å². The molecule has 1 saturated heterocycles. The second kappa shape index (κ2) is 7.66. The lowest BCUT2D eigenvalue weighted by Gasteiger charge is -2.15. The van der Waals surface area contributed by atoms with Crippen LogP contribution in [0, 0.1) is 11.3 Å². The van der Waals surface area contributed by atoms with Crippen molar-refractivity contribution < 1.29 is 9.59 Å². The number of benzene rings is 1. The van der Waals surface area contributed by atoms with E-state index in [4.69, 9.17) is 16.9 Å². The summed E-state index contributed by atoms with van der Waals surface area (Å²) < 4.78 is 0. The van der Waals surface area contributed by atoms with Gasteiger partial charge in [-0.3, -0.25) is 4.79 Å². The van der Waals surface area contributed by atoms with Crippen molar-refractivity contribution in [2.45, 2.75) is 19.3 Å². The molecule has 22 heavy (non-hydrogen) atoms. The molecule has 0 bridgehead atoms. The van der Waals surface area contributed by atoms with Crippen LogP contribution >= 0.6 is 11.6 Å². The summed E-state index contributed by atoms with van der Waals surface area (Å²) in [6.45, 7) is 1.97. The fourth-order valence-electron chi connectivity index (χ4n) is 2.27. The largest absolute Gasteiger partial charge is 0.343 e.